The minimum absolute atomic E-state index is 0.530. The summed E-state index contributed by atoms with van der Waals surface area (Å²) in [5.41, 5.74) is 0. The topological polar surface area (TPSA) is 95.9 Å². The van der Waals surface area contributed by atoms with E-state index in [9.17, 15) is 0 Å². The molecule has 0 saturated carbocycles. The molecule has 1 rings (SSSR count). The monoisotopic (exact) mass is 363 g/mol. The van der Waals surface area contributed by atoms with Gasteiger partial charge in [-0.05, 0) is 24.3 Å². The number of nitrogens with one attached hydrogen (secondary N) is 1. The zero-order valence-corrected chi connectivity index (χ0v) is 14.7. The Labute approximate surface area is 145 Å². The second kappa shape index (κ2) is 13.2. The maximum absolute atomic E-state index is 9.10. The van der Waals surface area contributed by atoms with Crippen molar-refractivity contribution < 1.29 is 24.5 Å². The second-order valence-electron chi connectivity index (χ2n) is 4.63. The van der Waals surface area contributed by atoms with Crippen molar-refractivity contribution in [2.75, 3.05) is 25.5 Å². The highest BCUT2D eigenvalue weighted by Gasteiger charge is 2.04. The van der Waals surface area contributed by atoms with E-state index in [0.29, 0.717) is 6.04 Å². The summed E-state index contributed by atoms with van der Waals surface area (Å²) < 4.78 is 5.52. The summed E-state index contributed by atoms with van der Waals surface area (Å²) in [6.07, 6.45) is 0. The fourth-order valence-corrected chi connectivity index (χ4v) is 2.16. The average Bonchev–Trinajstić information content (AvgIpc) is 2.48. The molecule has 0 aliphatic heterocycles. The Morgan fingerprint density at radius 3 is 2.22 bits per heavy atom. The number of rotatable bonds is 8. The summed E-state index contributed by atoms with van der Waals surface area (Å²) >= 11 is 7.60. The van der Waals surface area contributed by atoms with Gasteiger partial charge in [-0.2, -0.15) is 0 Å². The Balaban J connectivity index is 0.000000688. The lowest BCUT2D eigenvalue weighted by atomic mass is 10.4. The summed E-state index contributed by atoms with van der Waals surface area (Å²) in [5, 5.41) is 18.9. The highest BCUT2D eigenvalue weighted by molar-refractivity contribution is 7.99. The molecule has 23 heavy (non-hydrogen) atoms. The van der Waals surface area contributed by atoms with E-state index in [1.54, 1.807) is 11.8 Å². The number of carbonyl (C=O) groups is 2. The lowest BCUT2D eigenvalue weighted by molar-refractivity contribution is -0.159. The maximum atomic E-state index is 9.10. The van der Waals surface area contributed by atoms with Gasteiger partial charge < -0.3 is 20.3 Å². The van der Waals surface area contributed by atoms with Crippen LogP contribution in [0.5, 0.6) is 0 Å². The van der Waals surface area contributed by atoms with E-state index in [-0.39, 0.29) is 0 Å². The predicted octanol–water partition coefficient (Wildman–Crippen LogP) is 2.60. The quantitative estimate of drug-likeness (QED) is 0.371. The Morgan fingerprint density at radius 2 is 1.74 bits per heavy atom. The van der Waals surface area contributed by atoms with Crippen molar-refractivity contribution in [1.82, 2.24) is 5.32 Å². The van der Waals surface area contributed by atoms with Crippen LogP contribution in [0.15, 0.2) is 29.2 Å². The van der Waals surface area contributed by atoms with Gasteiger partial charge in [-0.1, -0.05) is 25.4 Å². The van der Waals surface area contributed by atoms with Crippen LogP contribution in [-0.2, 0) is 14.3 Å². The van der Waals surface area contributed by atoms with Crippen LogP contribution in [0, 0.1) is 0 Å². The van der Waals surface area contributed by atoms with Gasteiger partial charge in [-0.3, -0.25) is 0 Å². The molecule has 6 nitrogen and oxygen atoms in total. The minimum atomic E-state index is -1.82. The first kappa shape index (κ1) is 21.7. The first-order valence-corrected chi connectivity index (χ1v) is 8.35. The largest absolute Gasteiger partial charge is 0.473 e. The standard InChI is InChI=1S/C13H20ClNOS.C2H2O4/c1-11(2)15-7-8-16-9-10-17-13-5-3-12(14)4-6-13;3-1(4)2(5)6/h3-6,11,15H,7-10H2,1-2H3;(H,3,4)(H,5,6). The number of carboxylic acid groups (broad SMARTS) is 2. The molecule has 0 saturated heterocycles. The SMILES string of the molecule is CC(C)NCCOCCSc1ccc(Cl)cc1.O=C(O)C(=O)O. The van der Waals surface area contributed by atoms with E-state index in [4.69, 9.17) is 36.1 Å². The van der Waals surface area contributed by atoms with Crippen LogP contribution in [0.3, 0.4) is 0 Å². The second-order valence-corrected chi connectivity index (χ2v) is 6.24. The molecule has 0 bridgehead atoms. The highest BCUT2D eigenvalue weighted by atomic mass is 35.5. The summed E-state index contributed by atoms with van der Waals surface area (Å²) in [6.45, 7) is 6.75. The molecule has 0 unspecified atom stereocenters. The van der Waals surface area contributed by atoms with Crippen LogP contribution in [0.4, 0.5) is 0 Å². The van der Waals surface area contributed by atoms with Gasteiger partial charge in [0, 0.05) is 28.3 Å². The number of thioether (sulfide) groups is 1. The van der Waals surface area contributed by atoms with E-state index in [1.807, 2.05) is 24.3 Å². The number of halogens is 1. The van der Waals surface area contributed by atoms with Gasteiger partial charge in [0.1, 0.15) is 0 Å². The van der Waals surface area contributed by atoms with Gasteiger partial charge in [-0.25, -0.2) is 9.59 Å². The van der Waals surface area contributed by atoms with Crippen LogP contribution in [-0.4, -0.2) is 53.7 Å². The smallest absolute Gasteiger partial charge is 0.414 e. The molecule has 1 aromatic carbocycles. The van der Waals surface area contributed by atoms with Crippen LogP contribution in [0.2, 0.25) is 5.02 Å². The Bertz CT molecular complexity index is 455. The van der Waals surface area contributed by atoms with E-state index in [1.165, 1.54) is 4.90 Å². The van der Waals surface area contributed by atoms with Crippen LogP contribution >= 0.6 is 23.4 Å². The first-order chi connectivity index (χ1) is 10.8. The third kappa shape index (κ3) is 14.1. The van der Waals surface area contributed by atoms with Gasteiger partial charge in [0.15, 0.2) is 0 Å². The molecule has 3 N–H and O–H groups in total. The van der Waals surface area contributed by atoms with Gasteiger partial charge in [0.25, 0.3) is 0 Å². The molecule has 130 valence electrons. The Hall–Kier alpha value is -1.28. The average molecular weight is 364 g/mol. The molecule has 0 fully saturated rings. The summed E-state index contributed by atoms with van der Waals surface area (Å²) in [5.74, 6) is -2.67. The van der Waals surface area contributed by atoms with Crippen molar-refractivity contribution >= 4 is 35.3 Å². The van der Waals surface area contributed by atoms with Crippen molar-refractivity contribution in [3.63, 3.8) is 0 Å². The van der Waals surface area contributed by atoms with Gasteiger partial charge in [0.05, 0.1) is 13.2 Å². The third-order valence-corrected chi connectivity index (χ3v) is 3.52. The Kier molecular flexibility index (Phi) is 12.5. The molecule has 0 radical (unpaired) electrons. The number of hydrogen-bond acceptors (Lipinski definition) is 5. The molecule has 0 atom stereocenters. The zero-order valence-electron chi connectivity index (χ0n) is 13.1. The zero-order chi connectivity index (χ0) is 17.7. The Morgan fingerprint density at radius 1 is 1.17 bits per heavy atom. The lowest BCUT2D eigenvalue weighted by Crippen LogP contribution is -2.26. The summed E-state index contributed by atoms with van der Waals surface area (Å²) in [6, 6.07) is 8.43. The molecular weight excluding hydrogens is 342 g/mol. The van der Waals surface area contributed by atoms with E-state index >= 15 is 0 Å². The van der Waals surface area contributed by atoms with Crippen molar-refractivity contribution in [3.8, 4) is 0 Å². The van der Waals surface area contributed by atoms with Crippen LogP contribution in [0.25, 0.3) is 0 Å². The molecule has 0 aromatic heterocycles. The summed E-state index contributed by atoms with van der Waals surface area (Å²) in [7, 11) is 0. The molecule has 0 spiro atoms. The highest BCUT2D eigenvalue weighted by Crippen LogP contribution is 2.19. The number of hydrogen-bond donors (Lipinski definition) is 3. The van der Waals surface area contributed by atoms with Crippen molar-refractivity contribution in [2.24, 2.45) is 0 Å². The number of ether oxygens (including phenoxy) is 1. The predicted molar refractivity (Wildman–Crippen MR) is 91.4 cm³/mol. The number of aliphatic carboxylic acids is 2. The van der Waals surface area contributed by atoms with Gasteiger partial charge in [-0.15, -0.1) is 11.8 Å². The molecular formula is C15H22ClNO5S. The van der Waals surface area contributed by atoms with Crippen molar-refractivity contribution in [2.45, 2.75) is 24.8 Å². The fraction of sp³-hybridized carbons (Fsp3) is 0.467. The number of benzene rings is 1. The van der Waals surface area contributed by atoms with E-state index in [0.717, 1.165) is 30.5 Å². The van der Waals surface area contributed by atoms with E-state index < -0.39 is 11.9 Å². The first-order valence-electron chi connectivity index (χ1n) is 6.98. The molecule has 0 aliphatic carbocycles. The summed E-state index contributed by atoms with van der Waals surface area (Å²) in [4.78, 5) is 19.4. The number of carboxylic acids is 2. The normalized spacial score (nSPS) is 10.1. The molecule has 0 amide bonds. The molecule has 0 heterocycles. The van der Waals surface area contributed by atoms with E-state index in [2.05, 4.69) is 19.2 Å². The molecule has 1 aromatic rings. The van der Waals surface area contributed by atoms with Crippen LogP contribution in [0.1, 0.15) is 13.8 Å². The third-order valence-electron chi connectivity index (χ3n) is 2.29. The van der Waals surface area contributed by atoms with Crippen LogP contribution < -0.4 is 5.32 Å². The van der Waals surface area contributed by atoms with Crippen molar-refractivity contribution in [1.29, 1.82) is 0 Å². The molecule has 0 aliphatic rings. The lowest BCUT2D eigenvalue weighted by Gasteiger charge is -2.08. The fourth-order valence-electron chi connectivity index (χ4n) is 1.27. The van der Waals surface area contributed by atoms with Gasteiger partial charge >= 0.3 is 11.9 Å². The minimum Gasteiger partial charge on any atom is -0.473 e. The molecule has 8 heteroatoms. The van der Waals surface area contributed by atoms with Gasteiger partial charge in [0.2, 0.25) is 0 Å². The van der Waals surface area contributed by atoms with Crippen molar-refractivity contribution in [3.05, 3.63) is 29.3 Å². The maximum Gasteiger partial charge on any atom is 0.414 e.